The second-order valence-electron chi connectivity index (χ2n) is 3.67. The molecule has 4 nitrogen and oxygen atoms in total. The molecule has 2 rings (SSSR count). The molecule has 0 amide bonds. The Kier molecular flexibility index (Phi) is 2.41. The first kappa shape index (κ1) is 9.71. The average Bonchev–Trinajstić information content (AvgIpc) is 2.57. The standard InChI is InChI=1S/C11H13N3O/c1-9-3-4-14(11(15)5-9)7-10-6-12-8-13(10)2/h3-6,8H,7H2,1-2H3. The lowest BCUT2D eigenvalue weighted by atomic mass is 10.3. The van der Waals surface area contributed by atoms with Crippen molar-refractivity contribution in [3.63, 3.8) is 0 Å². The predicted molar refractivity (Wildman–Crippen MR) is 57.7 cm³/mol. The van der Waals surface area contributed by atoms with Crippen LogP contribution in [-0.2, 0) is 13.6 Å². The van der Waals surface area contributed by atoms with E-state index in [-0.39, 0.29) is 5.56 Å². The Hall–Kier alpha value is -1.84. The lowest BCUT2D eigenvalue weighted by molar-refractivity contribution is 0.698. The fourth-order valence-corrected chi connectivity index (χ4v) is 1.45. The van der Waals surface area contributed by atoms with Crippen molar-refractivity contribution in [1.82, 2.24) is 14.1 Å². The highest BCUT2D eigenvalue weighted by Crippen LogP contribution is 1.99. The Bertz CT molecular complexity index is 525. The Morgan fingerprint density at radius 3 is 2.87 bits per heavy atom. The van der Waals surface area contributed by atoms with E-state index in [9.17, 15) is 4.79 Å². The molecule has 0 aliphatic carbocycles. The molecule has 0 aliphatic heterocycles. The molecule has 15 heavy (non-hydrogen) atoms. The molecular formula is C11H13N3O. The third-order valence-corrected chi connectivity index (χ3v) is 2.40. The summed E-state index contributed by atoms with van der Waals surface area (Å²) < 4.78 is 3.58. The van der Waals surface area contributed by atoms with E-state index >= 15 is 0 Å². The molecule has 0 unspecified atom stereocenters. The number of imidazole rings is 1. The molecule has 0 radical (unpaired) electrons. The minimum absolute atomic E-state index is 0.0243. The fraction of sp³-hybridized carbons (Fsp3) is 0.273. The van der Waals surface area contributed by atoms with E-state index in [0.29, 0.717) is 6.54 Å². The van der Waals surface area contributed by atoms with Crippen molar-refractivity contribution in [3.05, 3.63) is 52.5 Å². The average molecular weight is 203 g/mol. The van der Waals surface area contributed by atoms with Crippen molar-refractivity contribution in [2.24, 2.45) is 7.05 Å². The van der Waals surface area contributed by atoms with Crippen molar-refractivity contribution < 1.29 is 0 Å². The van der Waals surface area contributed by atoms with Gasteiger partial charge in [-0.25, -0.2) is 4.98 Å². The van der Waals surface area contributed by atoms with Crippen LogP contribution in [-0.4, -0.2) is 14.1 Å². The quantitative estimate of drug-likeness (QED) is 0.728. The zero-order chi connectivity index (χ0) is 10.8. The van der Waals surface area contributed by atoms with Crippen molar-refractivity contribution in [2.45, 2.75) is 13.5 Å². The van der Waals surface area contributed by atoms with Crippen LogP contribution in [0.3, 0.4) is 0 Å². The number of hydrogen-bond donors (Lipinski definition) is 0. The number of pyridine rings is 1. The van der Waals surface area contributed by atoms with Crippen molar-refractivity contribution in [2.75, 3.05) is 0 Å². The molecule has 4 heteroatoms. The third-order valence-electron chi connectivity index (χ3n) is 2.40. The lowest BCUT2D eigenvalue weighted by Crippen LogP contribution is -2.20. The monoisotopic (exact) mass is 203 g/mol. The molecule has 0 saturated carbocycles. The Balaban J connectivity index is 2.33. The van der Waals surface area contributed by atoms with E-state index in [0.717, 1.165) is 11.3 Å². The topological polar surface area (TPSA) is 39.8 Å². The van der Waals surface area contributed by atoms with Crippen molar-refractivity contribution in [1.29, 1.82) is 0 Å². The van der Waals surface area contributed by atoms with Gasteiger partial charge in [0.1, 0.15) is 0 Å². The number of aromatic nitrogens is 3. The molecule has 2 aromatic rings. The SMILES string of the molecule is Cc1ccn(Cc2cncn2C)c(=O)c1. The van der Waals surface area contributed by atoms with Crippen molar-refractivity contribution in [3.8, 4) is 0 Å². The molecule has 0 fully saturated rings. The number of hydrogen-bond acceptors (Lipinski definition) is 2. The molecule has 78 valence electrons. The van der Waals surface area contributed by atoms with Gasteiger partial charge in [0.05, 0.1) is 18.6 Å². The van der Waals surface area contributed by atoms with Crippen molar-refractivity contribution >= 4 is 0 Å². The first-order chi connectivity index (χ1) is 7.16. The van der Waals surface area contributed by atoms with E-state index in [1.54, 1.807) is 23.2 Å². The molecular weight excluding hydrogens is 190 g/mol. The minimum atomic E-state index is 0.0243. The summed E-state index contributed by atoms with van der Waals surface area (Å²) in [6.07, 6.45) is 5.31. The van der Waals surface area contributed by atoms with Gasteiger partial charge in [0.2, 0.25) is 0 Å². The number of nitrogens with zero attached hydrogens (tertiary/aromatic N) is 3. The highest BCUT2D eigenvalue weighted by molar-refractivity contribution is 5.09. The fourth-order valence-electron chi connectivity index (χ4n) is 1.45. The first-order valence-electron chi connectivity index (χ1n) is 4.79. The molecule has 0 spiro atoms. The zero-order valence-corrected chi connectivity index (χ0v) is 8.84. The van der Waals surface area contributed by atoms with Crippen LogP contribution < -0.4 is 5.56 Å². The second-order valence-corrected chi connectivity index (χ2v) is 3.67. The van der Waals surface area contributed by atoms with Gasteiger partial charge in [-0.05, 0) is 18.6 Å². The summed E-state index contributed by atoms with van der Waals surface area (Å²) in [5, 5.41) is 0. The summed E-state index contributed by atoms with van der Waals surface area (Å²) >= 11 is 0. The molecule has 2 aromatic heterocycles. The van der Waals surface area contributed by atoms with Gasteiger partial charge in [0.25, 0.3) is 5.56 Å². The van der Waals surface area contributed by atoms with Crippen LogP contribution in [0.2, 0.25) is 0 Å². The second kappa shape index (κ2) is 3.73. The van der Waals surface area contributed by atoms with Gasteiger partial charge >= 0.3 is 0 Å². The Labute approximate surface area is 87.8 Å². The van der Waals surface area contributed by atoms with Gasteiger partial charge < -0.3 is 9.13 Å². The van der Waals surface area contributed by atoms with Crippen LogP contribution in [0.4, 0.5) is 0 Å². The molecule has 2 heterocycles. The van der Waals surface area contributed by atoms with E-state index in [1.165, 1.54) is 0 Å². The van der Waals surface area contributed by atoms with Crippen LogP contribution in [0.15, 0.2) is 35.6 Å². The highest BCUT2D eigenvalue weighted by atomic mass is 16.1. The summed E-state index contributed by atoms with van der Waals surface area (Å²) in [4.78, 5) is 15.6. The summed E-state index contributed by atoms with van der Waals surface area (Å²) in [5.41, 5.74) is 2.03. The van der Waals surface area contributed by atoms with Crippen LogP contribution in [0.1, 0.15) is 11.3 Å². The molecule has 0 saturated heterocycles. The van der Waals surface area contributed by atoms with E-state index in [2.05, 4.69) is 4.98 Å². The number of rotatable bonds is 2. The largest absolute Gasteiger partial charge is 0.336 e. The van der Waals surface area contributed by atoms with Crippen LogP contribution in [0, 0.1) is 6.92 Å². The van der Waals surface area contributed by atoms with E-state index in [4.69, 9.17) is 0 Å². The van der Waals surface area contributed by atoms with Crippen LogP contribution in [0.25, 0.3) is 0 Å². The maximum Gasteiger partial charge on any atom is 0.251 e. The van der Waals surface area contributed by atoms with Crippen LogP contribution in [0.5, 0.6) is 0 Å². The van der Waals surface area contributed by atoms with Gasteiger partial charge in [-0.3, -0.25) is 4.79 Å². The van der Waals surface area contributed by atoms with Gasteiger partial charge in [0, 0.05) is 25.5 Å². The van der Waals surface area contributed by atoms with E-state index in [1.807, 2.05) is 30.8 Å². The minimum Gasteiger partial charge on any atom is -0.336 e. The van der Waals surface area contributed by atoms with Gasteiger partial charge in [0.15, 0.2) is 0 Å². The molecule has 0 N–H and O–H groups in total. The Morgan fingerprint density at radius 1 is 1.47 bits per heavy atom. The summed E-state index contributed by atoms with van der Waals surface area (Å²) in [7, 11) is 1.92. The van der Waals surface area contributed by atoms with Gasteiger partial charge in [-0.15, -0.1) is 0 Å². The summed E-state index contributed by atoms with van der Waals surface area (Å²) in [5.74, 6) is 0. The third kappa shape index (κ3) is 1.98. The Morgan fingerprint density at radius 2 is 2.27 bits per heavy atom. The van der Waals surface area contributed by atoms with Gasteiger partial charge in [-0.1, -0.05) is 0 Å². The van der Waals surface area contributed by atoms with Crippen LogP contribution >= 0.6 is 0 Å². The lowest BCUT2D eigenvalue weighted by Gasteiger charge is -2.05. The maximum absolute atomic E-state index is 11.6. The molecule has 0 atom stereocenters. The predicted octanol–water partition coefficient (Wildman–Crippen LogP) is 0.939. The molecule has 0 aromatic carbocycles. The highest BCUT2D eigenvalue weighted by Gasteiger charge is 2.01. The smallest absolute Gasteiger partial charge is 0.251 e. The first-order valence-corrected chi connectivity index (χ1v) is 4.79. The van der Waals surface area contributed by atoms with E-state index < -0.39 is 0 Å². The van der Waals surface area contributed by atoms with Gasteiger partial charge in [-0.2, -0.15) is 0 Å². The zero-order valence-electron chi connectivity index (χ0n) is 8.84. The molecule has 0 aliphatic rings. The summed E-state index contributed by atoms with van der Waals surface area (Å²) in [6.45, 7) is 2.48. The number of aryl methyl sites for hydroxylation is 2. The normalized spacial score (nSPS) is 10.5. The molecule has 0 bridgehead atoms. The maximum atomic E-state index is 11.6. The summed E-state index contributed by atoms with van der Waals surface area (Å²) in [6, 6.07) is 3.56.